The maximum Gasteiger partial charge on any atom is 0.335 e. The monoisotopic (exact) mass is 358 g/mol. The number of carboxylic acids is 1. The predicted octanol–water partition coefficient (Wildman–Crippen LogP) is 5.46. The number of aromatic carboxylic acids is 1. The first-order valence-corrected chi connectivity index (χ1v) is 9.18. The molecule has 0 amide bonds. The number of fused-ring (bicyclic) bond motifs is 4. The summed E-state index contributed by atoms with van der Waals surface area (Å²) < 4.78 is 1.11. The molecule has 4 aromatic rings. The van der Waals surface area contributed by atoms with Crippen molar-refractivity contribution in [3.05, 3.63) is 70.6 Å². The third-order valence-electron chi connectivity index (χ3n) is 4.69. The Morgan fingerprint density at radius 1 is 1.12 bits per heavy atom. The minimum atomic E-state index is -0.945. The van der Waals surface area contributed by atoms with Gasteiger partial charge in [0.1, 0.15) is 5.82 Å². The molecule has 5 heteroatoms. The molecule has 0 fully saturated rings. The number of hydrogen-bond acceptors (Lipinski definition) is 4. The van der Waals surface area contributed by atoms with Crippen molar-refractivity contribution in [2.75, 3.05) is 5.32 Å². The van der Waals surface area contributed by atoms with Crippen LogP contribution in [0.5, 0.6) is 0 Å². The number of nitrogens with zero attached hydrogens (tertiary/aromatic N) is 1. The van der Waals surface area contributed by atoms with Gasteiger partial charge in [-0.3, -0.25) is 0 Å². The number of pyridine rings is 1. The molecule has 0 radical (unpaired) electrons. The second kappa shape index (κ2) is 5.68. The van der Waals surface area contributed by atoms with E-state index in [0.717, 1.165) is 33.4 Å². The number of carbonyl (C=O) groups is 1. The van der Waals surface area contributed by atoms with Crippen LogP contribution in [0, 0.1) is 0 Å². The number of nitrogens with one attached hydrogen (secondary N) is 1. The van der Waals surface area contributed by atoms with Crippen molar-refractivity contribution in [3.63, 3.8) is 0 Å². The molecule has 5 rings (SSSR count). The fraction of sp³-hybridized carbons (Fsp3) is 0.0476. The molecule has 0 spiro atoms. The minimum Gasteiger partial charge on any atom is -0.478 e. The van der Waals surface area contributed by atoms with Crippen LogP contribution in [0.1, 0.15) is 21.5 Å². The molecule has 1 aliphatic rings. The first-order chi connectivity index (χ1) is 12.7. The van der Waals surface area contributed by atoms with Crippen molar-refractivity contribution in [1.82, 2.24) is 4.98 Å². The molecule has 4 nitrogen and oxygen atoms in total. The van der Waals surface area contributed by atoms with Gasteiger partial charge in [0, 0.05) is 21.2 Å². The van der Waals surface area contributed by atoms with Crippen LogP contribution in [0.4, 0.5) is 11.5 Å². The highest BCUT2D eigenvalue weighted by molar-refractivity contribution is 7.18. The summed E-state index contributed by atoms with van der Waals surface area (Å²) in [6.45, 7) is 0. The molecule has 0 aliphatic heterocycles. The van der Waals surface area contributed by atoms with Crippen molar-refractivity contribution in [2.24, 2.45) is 0 Å². The lowest BCUT2D eigenvalue weighted by atomic mass is 10.1. The van der Waals surface area contributed by atoms with E-state index < -0.39 is 5.97 Å². The molecule has 0 unspecified atom stereocenters. The van der Waals surface area contributed by atoms with E-state index in [1.807, 2.05) is 17.5 Å². The average Bonchev–Trinajstić information content (AvgIpc) is 3.30. The Balaban J connectivity index is 1.66. The Bertz CT molecular complexity index is 1220. The third kappa shape index (κ3) is 2.36. The van der Waals surface area contributed by atoms with Gasteiger partial charge in [-0.2, -0.15) is 0 Å². The van der Waals surface area contributed by atoms with Crippen LogP contribution in [-0.2, 0) is 6.42 Å². The lowest BCUT2D eigenvalue weighted by Crippen LogP contribution is -1.98. The molecule has 2 aromatic heterocycles. The zero-order valence-electron chi connectivity index (χ0n) is 13.7. The standard InChI is InChI=1S/C21H14N2O2S/c24-21(25)14-5-7-16-18(11-14)23-20(17-8-9-26-19(16)17)22-15-6-4-12-2-1-3-13(12)10-15/h1,3-11H,2H2,(H,22,23)(H,24,25). The third-order valence-corrected chi connectivity index (χ3v) is 5.63. The van der Waals surface area contributed by atoms with Crippen LogP contribution in [0.15, 0.2) is 53.9 Å². The van der Waals surface area contributed by atoms with Crippen LogP contribution in [0.2, 0.25) is 0 Å². The summed E-state index contributed by atoms with van der Waals surface area (Å²) in [5.41, 5.74) is 4.46. The van der Waals surface area contributed by atoms with Crippen molar-refractivity contribution in [2.45, 2.75) is 6.42 Å². The fourth-order valence-corrected chi connectivity index (χ4v) is 4.32. The fourth-order valence-electron chi connectivity index (χ4n) is 3.39. The molecule has 126 valence electrons. The lowest BCUT2D eigenvalue weighted by Gasteiger charge is -2.11. The van der Waals surface area contributed by atoms with Crippen LogP contribution in [0.3, 0.4) is 0 Å². The van der Waals surface area contributed by atoms with E-state index >= 15 is 0 Å². The summed E-state index contributed by atoms with van der Waals surface area (Å²) in [4.78, 5) is 16.0. The molecular formula is C21H14N2O2S. The number of aromatic nitrogens is 1. The maximum atomic E-state index is 11.3. The first-order valence-electron chi connectivity index (χ1n) is 8.30. The lowest BCUT2D eigenvalue weighted by molar-refractivity contribution is 0.0697. The van der Waals surface area contributed by atoms with Crippen LogP contribution in [0.25, 0.3) is 27.1 Å². The molecule has 2 heterocycles. The molecule has 0 saturated carbocycles. The quantitative estimate of drug-likeness (QED) is 0.510. The largest absolute Gasteiger partial charge is 0.478 e. The molecule has 0 bridgehead atoms. The number of hydrogen-bond donors (Lipinski definition) is 2. The van der Waals surface area contributed by atoms with Crippen molar-refractivity contribution in [1.29, 1.82) is 0 Å². The van der Waals surface area contributed by atoms with E-state index in [0.29, 0.717) is 5.52 Å². The highest BCUT2D eigenvalue weighted by atomic mass is 32.1. The first kappa shape index (κ1) is 15.1. The zero-order chi connectivity index (χ0) is 17.7. The topological polar surface area (TPSA) is 62.2 Å². The van der Waals surface area contributed by atoms with E-state index in [1.165, 1.54) is 11.1 Å². The van der Waals surface area contributed by atoms with Crippen molar-refractivity contribution >= 4 is 55.9 Å². The normalized spacial score (nSPS) is 12.6. The van der Waals surface area contributed by atoms with Crippen molar-refractivity contribution in [3.8, 4) is 0 Å². The second-order valence-corrected chi connectivity index (χ2v) is 7.22. The number of rotatable bonds is 3. The molecule has 0 saturated heterocycles. The number of benzene rings is 2. The Hall–Kier alpha value is -3.18. The Morgan fingerprint density at radius 2 is 2.04 bits per heavy atom. The van der Waals surface area contributed by atoms with Gasteiger partial charge in [0.2, 0.25) is 0 Å². The van der Waals surface area contributed by atoms with Crippen LogP contribution >= 0.6 is 11.3 Å². The summed E-state index contributed by atoms with van der Waals surface area (Å²) >= 11 is 1.64. The second-order valence-electron chi connectivity index (χ2n) is 6.31. The van der Waals surface area contributed by atoms with Gasteiger partial charge in [0.15, 0.2) is 0 Å². The molecule has 26 heavy (non-hydrogen) atoms. The Kier molecular flexibility index (Phi) is 3.30. The van der Waals surface area contributed by atoms with E-state index in [2.05, 4.69) is 35.7 Å². The van der Waals surface area contributed by atoms with E-state index in [4.69, 9.17) is 4.98 Å². The van der Waals surface area contributed by atoms with E-state index in [-0.39, 0.29) is 5.56 Å². The summed E-state index contributed by atoms with van der Waals surface area (Å²) in [5.74, 6) is -0.196. The van der Waals surface area contributed by atoms with Crippen LogP contribution in [-0.4, -0.2) is 16.1 Å². The summed E-state index contributed by atoms with van der Waals surface area (Å²) in [5, 5.41) is 16.7. The molecular weight excluding hydrogens is 344 g/mol. The van der Waals surface area contributed by atoms with Gasteiger partial charge in [0.05, 0.1) is 11.1 Å². The van der Waals surface area contributed by atoms with Gasteiger partial charge in [0.25, 0.3) is 0 Å². The van der Waals surface area contributed by atoms with Crippen molar-refractivity contribution < 1.29 is 9.90 Å². The highest BCUT2D eigenvalue weighted by Crippen LogP contribution is 2.35. The minimum absolute atomic E-state index is 0.245. The van der Waals surface area contributed by atoms with E-state index in [9.17, 15) is 9.90 Å². The smallest absolute Gasteiger partial charge is 0.335 e. The van der Waals surface area contributed by atoms with Crippen LogP contribution < -0.4 is 5.32 Å². The molecule has 1 aliphatic carbocycles. The number of carboxylic acid groups (broad SMARTS) is 1. The molecule has 2 aromatic carbocycles. The summed E-state index contributed by atoms with van der Waals surface area (Å²) in [6, 6.07) is 13.5. The molecule has 2 N–H and O–H groups in total. The van der Waals surface area contributed by atoms with Gasteiger partial charge in [-0.1, -0.05) is 24.3 Å². The van der Waals surface area contributed by atoms with Gasteiger partial charge in [-0.25, -0.2) is 9.78 Å². The number of anilines is 2. The van der Waals surface area contributed by atoms with E-state index in [1.54, 1.807) is 23.5 Å². The Morgan fingerprint density at radius 3 is 2.92 bits per heavy atom. The highest BCUT2D eigenvalue weighted by Gasteiger charge is 2.13. The predicted molar refractivity (Wildman–Crippen MR) is 107 cm³/mol. The Labute approximate surface area is 153 Å². The van der Waals surface area contributed by atoms with Gasteiger partial charge in [-0.15, -0.1) is 11.3 Å². The van der Waals surface area contributed by atoms with Gasteiger partial charge < -0.3 is 10.4 Å². The van der Waals surface area contributed by atoms with Gasteiger partial charge >= 0.3 is 5.97 Å². The number of thiophene rings is 1. The average molecular weight is 358 g/mol. The SMILES string of the molecule is O=C(O)c1ccc2c(c1)nc(Nc1ccc3c(c1)C=CC3)c1ccsc12. The van der Waals surface area contributed by atoms with Gasteiger partial charge in [-0.05, 0) is 53.3 Å². The zero-order valence-corrected chi connectivity index (χ0v) is 14.5. The number of allylic oxidation sites excluding steroid dienone is 1. The summed E-state index contributed by atoms with van der Waals surface area (Å²) in [6.07, 6.45) is 5.28. The molecule has 0 atom stereocenters. The maximum absolute atomic E-state index is 11.3. The summed E-state index contributed by atoms with van der Waals surface area (Å²) in [7, 11) is 0.